The van der Waals surface area contributed by atoms with Crippen molar-refractivity contribution in [3.8, 4) is 11.5 Å². The molecule has 1 aromatic carbocycles. The third-order valence-electron chi connectivity index (χ3n) is 4.69. The minimum absolute atomic E-state index is 0.553. The topological polar surface area (TPSA) is 39.5 Å². The van der Waals surface area contributed by atoms with Crippen LogP contribution in [-0.4, -0.2) is 41.0 Å². The van der Waals surface area contributed by atoms with Gasteiger partial charge in [0.15, 0.2) is 11.5 Å². The summed E-state index contributed by atoms with van der Waals surface area (Å²) in [6.07, 6.45) is 6.21. The van der Waals surface area contributed by atoms with Crippen LogP contribution in [0.15, 0.2) is 24.5 Å². The zero-order chi connectivity index (χ0) is 18.5. The maximum absolute atomic E-state index is 6.48. The molecule has 6 heteroatoms. The lowest BCUT2D eigenvalue weighted by atomic mass is 10.0. The summed E-state index contributed by atoms with van der Waals surface area (Å²) in [5.74, 6) is 1.96. The Kier molecular flexibility index (Phi) is 6.43. The predicted octanol–water partition coefficient (Wildman–Crippen LogP) is 4.25. The van der Waals surface area contributed by atoms with Crippen LogP contribution in [-0.2, 0) is 13.6 Å². The van der Waals surface area contributed by atoms with Gasteiger partial charge in [0.2, 0.25) is 0 Å². The van der Waals surface area contributed by atoms with E-state index in [1.54, 1.807) is 0 Å². The molecule has 0 aliphatic carbocycles. The molecule has 5 nitrogen and oxygen atoms in total. The van der Waals surface area contributed by atoms with Gasteiger partial charge in [0, 0.05) is 32.3 Å². The Balaban J connectivity index is 1.69. The molecule has 0 N–H and O–H groups in total. The minimum Gasteiger partial charge on any atom is -0.490 e. The van der Waals surface area contributed by atoms with Crippen LogP contribution in [0.4, 0.5) is 0 Å². The van der Waals surface area contributed by atoms with E-state index in [-0.39, 0.29) is 0 Å². The Labute approximate surface area is 160 Å². The van der Waals surface area contributed by atoms with Crippen molar-refractivity contribution >= 4 is 11.6 Å². The number of rotatable bonds is 8. The van der Waals surface area contributed by atoms with Gasteiger partial charge >= 0.3 is 0 Å². The van der Waals surface area contributed by atoms with Gasteiger partial charge in [0.1, 0.15) is 0 Å². The summed E-state index contributed by atoms with van der Waals surface area (Å²) < 4.78 is 13.4. The summed E-state index contributed by atoms with van der Waals surface area (Å²) >= 11 is 6.48. The van der Waals surface area contributed by atoms with Crippen LogP contribution < -0.4 is 9.47 Å². The third-order valence-corrected chi connectivity index (χ3v) is 4.98. The molecular weight excluding hydrogens is 350 g/mol. The number of ether oxygens (including phenoxy) is 2. The van der Waals surface area contributed by atoms with E-state index >= 15 is 0 Å². The van der Waals surface area contributed by atoms with Crippen molar-refractivity contribution in [1.82, 2.24) is 14.7 Å². The summed E-state index contributed by atoms with van der Waals surface area (Å²) in [7, 11) is 1.97. The van der Waals surface area contributed by atoms with E-state index < -0.39 is 0 Å². The summed E-state index contributed by atoms with van der Waals surface area (Å²) in [4.78, 5) is 2.46. The molecule has 1 aliphatic heterocycles. The Hall–Kier alpha value is -1.72. The number of hydrogen-bond acceptors (Lipinski definition) is 4. The average Bonchev–Trinajstić information content (AvgIpc) is 3.23. The summed E-state index contributed by atoms with van der Waals surface area (Å²) in [5.41, 5.74) is 2.49. The number of halogens is 1. The zero-order valence-electron chi connectivity index (χ0n) is 15.9. The van der Waals surface area contributed by atoms with Crippen molar-refractivity contribution in [2.75, 3.05) is 26.3 Å². The van der Waals surface area contributed by atoms with Gasteiger partial charge in [-0.3, -0.25) is 9.58 Å². The second kappa shape index (κ2) is 8.78. The Morgan fingerprint density at radius 3 is 2.81 bits per heavy atom. The largest absolute Gasteiger partial charge is 0.490 e. The number of benzene rings is 1. The normalized spacial score (nSPS) is 17.6. The highest BCUT2D eigenvalue weighted by Crippen LogP contribution is 2.38. The molecule has 26 heavy (non-hydrogen) atoms. The van der Waals surface area contributed by atoms with E-state index in [1.807, 2.05) is 30.9 Å². The highest BCUT2D eigenvalue weighted by molar-refractivity contribution is 6.32. The van der Waals surface area contributed by atoms with Crippen LogP contribution in [0.3, 0.4) is 0 Å². The van der Waals surface area contributed by atoms with Crippen LogP contribution in [0, 0.1) is 0 Å². The lowest BCUT2D eigenvalue weighted by Gasteiger charge is -2.19. The first-order valence-corrected chi connectivity index (χ1v) is 9.77. The molecule has 1 aliphatic rings. The standard InChI is InChI=1S/C20H28ClN3O2/c1-4-8-26-20-18(21)9-15(10-19(20)25-5-2)12-24-7-6-16(14-24)17-11-22-23(3)13-17/h9-11,13,16H,4-8,12,14H2,1-3H3/t16-/m0/s1. The van der Waals surface area contributed by atoms with Gasteiger partial charge in [-0.1, -0.05) is 18.5 Å². The Morgan fingerprint density at radius 2 is 2.12 bits per heavy atom. The molecular formula is C20H28ClN3O2. The lowest BCUT2D eigenvalue weighted by molar-refractivity contribution is 0.275. The molecule has 142 valence electrons. The van der Waals surface area contributed by atoms with E-state index in [2.05, 4.69) is 29.2 Å². The molecule has 2 aromatic rings. The number of hydrogen-bond donors (Lipinski definition) is 0. The Bertz CT molecular complexity index is 732. The van der Waals surface area contributed by atoms with Crippen LogP contribution >= 0.6 is 11.6 Å². The highest BCUT2D eigenvalue weighted by Gasteiger charge is 2.25. The molecule has 0 radical (unpaired) electrons. The van der Waals surface area contributed by atoms with Crippen molar-refractivity contribution in [2.45, 2.75) is 39.2 Å². The first-order chi connectivity index (χ1) is 12.6. The summed E-state index contributed by atoms with van der Waals surface area (Å²) in [5, 5.41) is 4.93. The first-order valence-electron chi connectivity index (χ1n) is 9.39. The SMILES string of the molecule is CCCOc1c(Cl)cc(CN2CC[C@H](c3cnn(C)c3)C2)cc1OCC. The van der Waals surface area contributed by atoms with Gasteiger partial charge < -0.3 is 9.47 Å². The second-order valence-corrected chi connectivity index (χ2v) is 7.26. The lowest BCUT2D eigenvalue weighted by Crippen LogP contribution is -2.19. The number of nitrogens with zero attached hydrogens (tertiary/aromatic N) is 3. The second-order valence-electron chi connectivity index (χ2n) is 6.85. The molecule has 0 saturated carbocycles. The molecule has 0 amide bonds. The van der Waals surface area contributed by atoms with Crippen molar-refractivity contribution in [3.05, 3.63) is 40.7 Å². The fraction of sp³-hybridized carbons (Fsp3) is 0.550. The molecule has 1 saturated heterocycles. The van der Waals surface area contributed by atoms with Gasteiger partial charge in [0.25, 0.3) is 0 Å². The predicted molar refractivity (Wildman–Crippen MR) is 104 cm³/mol. The van der Waals surface area contributed by atoms with E-state index in [1.165, 1.54) is 5.56 Å². The monoisotopic (exact) mass is 377 g/mol. The third kappa shape index (κ3) is 4.51. The molecule has 1 aromatic heterocycles. The van der Waals surface area contributed by atoms with E-state index in [4.69, 9.17) is 21.1 Å². The van der Waals surface area contributed by atoms with Crippen LogP contribution in [0.5, 0.6) is 11.5 Å². The fourth-order valence-electron chi connectivity index (χ4n) is 3.48. The van der Waals surface area contributed by atoms with Crippen molar-refractivity contribution in [2.24, 2.45) is 7.05 Å². The molecule has 0 bridgehead atoms. The van der Waals surface area contributed by atoms with Gasteiger partial charge in [-0.15, -0.1) is 0 Å². The van der Waals surface area contributed by atoms with Crippen LogP contribution in [0.2, 0.25) is 5.02 Å². The highest BCUT2D eigenvalue weighted by atomic mass is 35.5. The quantitative estimate of drug-likeness (QED) is 0.689. The maximum Gasteiger partial charge on any atom is 0.179 e. The smallest absolute Gasteiger partial charge is 0.179 e. The van der Waals surface area contributed by atoms with Gasteiger partial charge in [-0.05, 0) is 49.6 Å². The number of likely N-dealkylation sites (tertiary alicyclic amines) is 1. The molecule has 1 fully saturated rings. The van der Waals surface area contributed by atoms with Crippen molar-refractivity contribution < 1.29 is 9.47 Å². The first kappa shape index (κ1) is 19.1. The molecule has 0 unspecified atom stereocenters. The number of aromatic nitrogens is 2. The molecule has 2 heterocycles. The fourth-order valence-corrected chi connectivity index (χ4v) is 3.77. The van der Waals surface area contributed by atoms with Crippen LogP contribution in [0.1, 0.15) is 43.7 Å². The minimum atomic E-state index is 0.553. The summed E-state index contributed by atoms with van der Waals surface area (Å²) in [6, 6.07) is 4.07. The molecule has 3 rings (SSSR count). The van der Waals surface area contributed by atoms with Crippen molar-refractivity contribution in [1.29, 1.82) is 0 Å². The maximum atomic E-state index is 6.48. The number of aryl methyl sites for hydroxylation is 1. The van der Waals surface area contributed by atoms with Gasteiger partial charge in [0.05, 0.1) is 24.4 Å². The van der Waals surface area contributed by atoms with E-state index in [0.717, 1.165) is 43.8 Å². The van der Waals surface area contributed by atoms with E-state index in [0.29, 0.717) is 29.9 Å². The summed E-state index contributed by atoms with van der Waals surface area (Å²) in [6.45, 7) is 8.27. The molecule has 0 spiro atoms. The van der Waals surface area contributed by atoms with E-state index in [9.17, 15) is 0 Å². The Morgan fingerprint density at radius 1 is 1.27 bits per heavy atom. The average molecular weight is 378 g/mol. The molecule has 1 atom stereocenters. The van der Waals surface area contributed by atoms with Gasteiger partial charge in [-0.25, -0.2) is 0 Å². The van der Waals surface area contributed by atoms with Gasteiger partial charge in [-0.2, -0.15) is 5.10 Å². The van der Waals surface area contributed by atoms with Crippen LogP contribution in [0.25, 0.3) is 0 Å². The zero-order valence-corrected chi connectivity index (χ0v) is 16.6. The van der Waals surface area contributed by atoms with Crippen molar-refractivity contribution in [3.63, 3.8) is 0 Å².